The molecule has 3 nitrogen and oxygen atoms in total. The lowest BCUT2D eigenvalue weighted by Gasteiger charge is -2.09. The molecule has 0 spiro atoms. The van der Waals surface area contributed by atoms with Gasteiger partial charge in [-0.15, -0.1) is 0 Å². The van der Waals surface area contributed by atoms with Crippen molar-refractivity contribution >= 4 is 51.2 Å². The number of thioether (sulfide) groups is 1. The van der Waals surface area contributed by atoms with Crippen LogP contribution in [0, 0.1) is 6.92 Å². The van der Waals surface area contributed by atoms with Crippen LogP contribution in [0.15, 0.2) is 59.5 Å². The first-order valence-corrected chi connectivity index (χ1v) is 10.2. The predicted molar refractivity (Wildman–Crippen MR) is 118 cm³/mol. The van der Waals surface area contributed by atoms with Gasteiger partial charge in [0.05, 0.1) is 4.91 Å². The second kappa shape index (κ2) is 7.33. The summed E-state index contributed by atoms with van der Waals surface area (Å²) in [5.74, 6) is 0.00629. The molecule has 1 fully saturated rings. The minimum Gasteiger partial charge on any atom is -0.340 e. The summed E-state index contributed by atoms with van der Waals surface area (Å²) in [6, 6.07) is 18.8. The molecule has 1 saturated heterocycles. The Hall–Kier alpha value is -2.37. The van der Waals surface area contributed by atoms with Gasteiger partial charge in [-0.2, -0.15) is 0 Å². The van der Waals surface area contributed by atoms with Crippen molar-refractivity contribution in [2.24, 2.45) is 0 Å². The van der Waals surface area contributed by atoms with E-state index < -0.39 is 0 Å². The number of hydrogen-bond donors (Lipinski definition) is 0. The zero-order valence-corrected chi connectivity index (χ0v) is 16.9. The molecule has 0 atom stereocenters. The fourth-order valence-corrected chi connectivity index (χ4v) is 4.88. The molecule has 0 N–H and O–H groups in total. The zero-order chi connectivity index (χ0) is 19.0. The number of para-hydroxylation sites is 1. The molecule has 0 bridgehead atoms. The lowest BCUT2D eigenvalue weighted by atomic mass is 10.1. The van der Waals surface area contributed by atoms with E-state index >= 15 is 0 Å². The monoisotopic (exact) mass is 392 g/mol. The van der Waals surface area contributed by atoms with Gasteiger partial charge >= 0.3 is 0 Å². The van der Waals surface area contributed by atoms with Gasteiger partial charge in [0.25, 0.3) is 5.91 Å². The number of benzene rings is 2. The van der Waals surface area contributed by atoms with E-state index in [-0.39, 0.29) is 5.91 Å². The highest BCUT2D eigenvalue weighted by atomic mass is 32.2. The third kappa shape index (κ3) is 3.22. The van der Waals surface area contributed by atoms with E-state index in [1.54, 1.807) is 4.90 Å². The van der Waals surface area contributed by atoms with Crippen molar-refractivity contribution in [3.8, 4) is 0 Å². The van der Waals surface area contributed by atoms with Gasteiger partial charge in [0.2, 0.25) is 0 Å². The number of nitrogens with zero attached hydrogens (tertiary/aromatic N) is 2. The van der Waals surface area contributed by atoms with Crippen LogP contribution in [-0.4, -0.2) is 26.2 Å². The number of carbonyl (C=O) groups is 1. The first-order valence-electron chi connectivity index (χ1n) is 8.97. The molecule has 5 heteroatoms. The Balaban J connectivity index is 1.83. The molecule has 136 valence electrons. The quantitative estimate of drug-likeness (QED) is 0.450. The molecule has 0 saturated carbocycles. The average molecular weight is 393 g/mol. The summed E-state index contributed by atoms with van der Waals surface area (Å²) in [5, 5.41) is 1.16. The van der Waals surface area contributed by atoms with Crippen molar-refractivity contribution in [1.82, 2.24) is 9.47 Å². The van der Waals surface area contributed by atoms with Gasteiger partial charge in [0.1, 0.15) is 4.32 Å². The van der Waals surface area contributed by atoms with Crippen LogP contribution >= 0.6 is 24.0 Å². The lowest BCUT2D eigenvalue weighted by molar-refractivity contribution is -0.121. The Morgan fingerprint density at radius 2 is 1.78 bits per heavy atom. The van der Waals surface area contributed by atoms with E-state index in [1.165, 1.54) is 22.8 Å². The minimum absolute atomic E-state index is 0.00629. The lowest BCUT2D eigenvalue weighted by Crippen LogP contribution is -2.27. The Labute approximate surface area is 168 Å². The topological polar surface area (TPSA) is 25.2 Å². The van der Waals surface area contributed by atoms with Gasteiger partial charge in [-0.1, -0.05) is 72.5 Å². The third-order valence-electron chi connectivity index (χ3n) is 4.93. The number of hydrogen-bond acceptors (Lipinski definition) is 3. The third-order valence-corrected chi connectivity index (χ3v) is 6.31. The highest BCUT2D eigenvalue weighted by Crippen LogP contribution is 2.35. The summed E-state index contributed by atoms with van der Waals surface area (Å²) in [6.45, 7) is 5.48. The zero-order valence-electron chi connectivity index (χ0n) is 15.3. The second-order valence-electron chi connectivity index (χ2n) is 6.51. The van der Waals surface area contributed by atoms with Gasteiger partial charge in [0, 0.05) is 35.2 Å². The van der Waals surface area contributed by atoms with Crippen LogP contribution in [0.2, 0.25) is 0 Å². The molecule has 27 heavy (non-hydrogen) atoms. The molecular formula is C22H20N2OS2. The molecule has 0 radical (unpaired) electrons. The van der Waals surface area contributed by atoms with Crippen LogP contribution < -0.4 is 0 Å². The van der Waals surface area contributed by atoms with Gasteiger partial charge in [-0.25, -0.2) is 0 Å². The standard InChI is InChI=1S/C22H20N2OS2/c1-3-23-21(25)20(27-22(23)26)13-18-15(2)24(14-16-9-5-4-6-10-16)19-12-8-7-11-17(18)19/h4-13H,3,14H2,1-2H3/b20-13+. The number of fused-ring (bicyclic) bond motifs is 1. The molecule has 2 heterocycles. The summed E-state index contributed by atoms with van der Waals surface area (Å²) in [5.41, 5.74) is 4.68. The maximum atomic E-state index is 12.6. The second-order valence-corrected chi connectivity index (χ2v) is 8.19. The van der Waals surface area contributed by atoms with Crippen molar-refractivity contribution in [3.05, 3.63) is 76.3 Å². The molecule has 0 aliphatic carbocycles. The minimum atomic E-state index is 0.00629. The number of aromatic nitrogens is 1. The Morgan fingerprint density at radius 3 is 2.48 bits per heavy atom. The van der Waals surface area contributed by atoms with Crippen LogP contribution in [0.1, 0.15) is 23.7 Å². The molecule has 0 unspecified atom stereocenters. The number of rotatable bonds is 4. The maximum absolute atomic E-state index is 12.6. The van der Waals surface area contributed by atoms with Gasteiger partial charge in [-0.3, -0.25) is 9.69 Å². The van der Waals surface area contributed by atoms with E-state index in [9.17, 15) is 4.79 Å². The average Bonchev–Trinajstić information content (AvgIpc) is 3.11. The van der Waals surface area contributed by atoms with Crippen molar-refractivity contribution in [2.45, 2.75) is 20.4 Å². The summed E-state index contributed by atoms with van der Waals surface area (Å²) in [7, 11) is 0. The van der Waals surface area contributed by atoms with Crippen molar-refractivity contribution in [3.63, 3.8) is 0 Å². The normalized spacial score (nSPS) is 16.1. The van der Waals surface area contributed by atoms with Gasteiger partial charge in [-0.05, 0) is 31.6 Å². The van der Waals surface area contributed by atoms with Crippen LogP contribution in [0.25, 0.3) is 17.0 Å². The summed E-state index contributed by atoms with van der Waals surface area (Å²) < 4.78 is 2.95. The van der Waals surface area contributed by atoms with Crippen molar-refractivity contribution in [1.29, 1.82) is 0 Å². The van der Waals surface area contributed by atoms with E-state index in [0.717, 1.165) is 23.2 Å². The van der Waals surface area contributed by atoms with Gasteiger partial charge in [0.15, 0.2) is 0 Å². The number of likely N-dealkylation sites (N-methyl/N-ethyl adjacent to an activating group) is 1. The molecule has 2 aromatic carbocycles. The highest BCUT2D eigenvalue weighted by Gasteiger charge is 2.31. The van der Waals surface area contributed by atoms with Crippen molar-refractivity contribution in [2.75, 3.05) is 6.54 Å². The van der Waals surface area contributed by atoms with E-state index in [2.05, 4.69) is 54.0 Å². The fourth-order valence-electron chi connectivity index (χ4n) is 3.51. The van der Waals surface area contributed by atoms with Crippen LogP contribution in [0.3, 0.4) is 0 Å². The summed E-state index contributed by atoms with van der Waals surface area (Å²) in [4.78, 5) is 15.0. The van der Waals surface area contributed by atoms with E-state index in [1.807, 2.05) is 25.1 Å². The number of amides is 1. The first-order chi connectivity index (χ1) is 13.1. The Bertz CT molecular complexity index is 1070. The Kier molecular flexibility index (Phi) is 4.89. The Morgan fingerprint density at radius 1 is 1.07 bits per heavy atom. The molecule has 1 aromatic heterocycles. The van der Waals surface area contributed by atoms with Crippen LogP contribution in [-0.2, 0) is 11.3 Å². The fraction of sp³-hybridized carbons (Fsp3) is 0.182. The number of carbonyl (C=O) groups excluding carboxylic acids is 1. The van der Waals surface area contributed by atoms with E-state index in [4.69, 9.17) is 12.2 Å². The number of thiocarbonyl (C=S) groups is 1. The van der Waals surface area contributed by atoms with Crippen LogP contribution in [0.5, 0.6) is 0 Å². The largest absolute Gasteiger partial charge is 0.340 e. The molecule has 1 aliphatic rings. The maximum Gasteiger partial charge on any atom is 0.266 e. The molecule has 4 rings (SSSR count). The first kappa shape index (κ1) is 18.0. The predicted octanol–water partition coefficient (Wildman–Crippen LogP) is 5.22. The smallest absolute Gasteiger partial charge is 0.266 e. The molecule has 1 aliphatic heterocycles. The van der Waals surface area contributed by atoms with Crippen LogP contribution in [0.4, 0.5) is 0 Å². The highest BCUT2D eigenvalue weighted by molar-refractivity contribution is 8.26. The summed E-state index contributed by atoms with van der Waals surface area (Å²) >= 11 is 6.74. The molecule has 3 aromatic rings. The summed E-state index contributed by atoms with van der Waals surface area (Å²) in [6.07, 6.45) is 2.01. The molecular weight excluding hydrogens is 372 g/mol. The van der Waals surface area contributed by atoms with Gasteiger partial charge < -0.3 is 4.57 Å². The van der Waals surface area contributed by atoms with Crippen molar-refractivity contribution < 1.29 is 4.79 Å². The molecule has 1 amide bonds. The van der Waals surface area contributed by atoms with E-state index in [0.29, 0.717) is 15.8 Å². The SMILES string of the molecule is CCN1C(=O)/C(=C\c2c(C)n(Cc3ccccc3)c3ccccc23)SC1=S.